The van der Waals surface area contributed by atoms with Gasteiger partial charge in [0.15, 0.2) is 0 Å². The molecule has 0 spiro atoms. The number of nitrogens with zero attached hydrogens (tertiary/aromatic N) is 1. The fourth-order valence-electron chi connectivity index (χ4n) is 2.45. The Morgan fingerprint density at radius 2 is 2.12 bits per heavy atom. The third kappa shape index (κ3) is 1.52. The molecule has 2 N–H and O–H groups in total. The average Bonchev–Trinajstić information content (AvgIpc) is 2.54. The highest BCUT2D eigenvalue weighted by molar-refractivity contribution is 5.86. The van der Waals surface area contributed by atoms with Gasteiger partial charge in [0.05, 0.1) is 5.52 Å². The lowest BCUT2D eigenvalue weighted by Gasteiger charge is -2.03. The van der Waals surface area contributed by atoms with Crippen LogP contribution in [0, 0.1) is 5.82 Å². The summed E-state index contributed by atoms with van der Waals surface area (Å²) >= 11 is 0. The van der Waals surface area contributed by atoms with Crippen LogP contribution in [0.15, 0.2) is 18.2 Å². The summed E-state index contributed by atoms with van der Waals surface area (Å²) in [5, 5.41) is 0.743. The number of rotatable bonds is 3. The topological polar surface area (TPSA) is 30.9 Å². The first-order valence-corrected chi connectivity index (χ1v) is 5.65. The molecule has 2 rings (SSSR count). The molecule has 0 aliphatic heterocycles. The van der Waals surface area contributed by atoms with Gasteiger partial charge < -0.3 is 10.3 Å². The molecule has 0 radical (unpaired) electrons. The minimum Gasteiger partial charge on any atom is -0.347 e. The van der Waals surface area contributed by atoms with Crippen LogP contribution >= 0.6 is 0 Å². The number of hydrogen-bond donors (Lipinski definition) is 1. The lowest BCUT2D eigenvalue weighted by Crippen LogP contribution is -2.05. The predicted octanol–water partition coefficient (Wildman–Crippen LogP) is 2.38. The Kier molecular flexibility index (Phi) is 2.97. The number of nitrogens with two attached hydrogens (primary N) is 1. The van der Waals surface area contributed by atoms with E-state index in [4.69, 9.17) is 5.73 Å². The smallest absolute Gasteiger partial charge is 0.132 e. The van der Waals surface area contributed by atoms with E-state index < -0.39 is 0 Å². The Morgan fingerprint density at radius 1 is 1.38 bits per heavy atom. The second-order valence-electron chi connectivity index (χ2n) is 4.01. The van der Waals surface area contributed by atoms with E-state index in [1.54, 1.807) is 6.07 Å². The largest absolute Gasteiger partial charge is 0.347 e. The van der Waals surface area contributed by atoms with Crippen LogP contribution in [0.25, 0.3) is 10.9 Å². The maximum atomic E-state index is 13.8. The van der Waals surface area contributed by atoms with Gasteiger partial charge in [-0.1, -0.05) is 13.0 Å². The van der Waals surface area contributed by atoms with E-state index in [1.165, 1.54) is 11.8 Å². The Bertz CT molecular complexity index is 514. The van der Waals surface area contributed by atoms with Gasteiger partial charge in [0.2, 0.25) is 0 Å². The molecule has 1 heterocycles. The molecule has 0 aliphatic rings. The van der Waals surface area contributed by atoms with Gasteiger partial charge >= 0.3 is 0 Å². The van der Waals surface area contributed by atoms with E-state index >= 15 is 0 Å². The van der Waals surface area contributed by atoms with Crippen molar-refractivity contribution in [1.82, 2.24) is 4.57 Å². The molecular formula is C13H17FN2. The highest BCUT2D eigenvalue weighted by Gasteiger charge is 2.15. The monoisotopic (exact) mass is 220 g/mol. The fraction of sp³-hybridized carbons (Fsp3) is 0.385. The van der Waals surface area contributed by atoms with Crippen molar-refractivity contribution < 1.29 is 4.39 Å². The maximum Gasteiger partial charge on any atom is 0.132 e. The molecule has 16 heavy (non-hydrogen) atoms. The molecule has 0 fully saturated rings. The molecule has 0 unspecified atom stereocenters. The number of aryl methyl sites for hydroxylation is 1. The van der Waals surface area contributed by atoms with Gasteiger partial charge in [0.25, 0.3) is 0 Å². The molecule has 0 amide bonds. The van der Waals surface area contributed by atoms with Crippen LogP contribution in [0.2, 0.25) is 0 Å². The molecule has 2 nitrogen and oxygen atoms in total. The van der Waals surface area contributed by atoms with E-state index in [2.05, 4.69) is 11.5 Å². The lowest BCUT2D eigenvalue weighted by molar-refractivity contribution is 0.639. The first-order valence-electron chi connectivity index (χ1n) is 5.65. The fourth-order valence-corrected chi connectivity index (χ4v) is 2.45. The summed E-state index contributed by atoms with van der Waals surface area (Å²) in [7, 11) is 1.99. The second kappa shape index (κ2) is 4.26. The summed E-state index contributed by atoms with van der Waals surface area (Å²) in [4.78, 5) is 0. The molecule has 3 heteroatoms. The Morgan fingerprint density at radius 3 is 2.75 bits per heavy atom. The van der Waals surface area contributed by atoms with Gasteiger partial charge in [0, 0.05) is 18.1 Å². The minimum atomic E-state index is -0.142. The number of halogens is 1. The zero-order chi connectivity index (χ0) is 11.7. The summed E-state index contributed by atoms with van der Waals surface area (Å²) in [6.07, 6.45) is 1.64. The number of fused-ring (bicyclic) bond motifs is 1. The van der Waals surface area contributed by atoms with Gasteiger partial charge in [-0.15, -0.1) is 0 Å². The molecule has 1 aromatic carbocycles. The summed E-state index contributed by atoms with van der Waals surface area (Å²) in [6.45, 7) is 2.65. The van der Waals surface area contributed by atoms with Crippen molar-refractivity contribution in [3.63, 3.8) is 0 Å². The summed E-state index contributed by atoms with van der Waals surface area (Å²) in [6, 6.07) is 5.22. The SMILES string of the molecule is CCc1c(CCN)c2c(F)cccc2n1C. The Balaban J connectivity index is 2.81. The van der Waals surface area contributed by atoms with Gasteiger partial charge in [-0.2, -0.15) is 0 Å². The molecule has 2 aromatic rings. The lowest BCUT2D eigenvalue weighted by atomic mass is 10.1. The first kappa shape index (κ1) is 11.1. The minimum absolute atomic E-state index is 0.142. The van der Waals surface area contributed by atoms with Crippen LogP contribution in [0.3, 0.4) is 0 Å². The number of hydrogen-bond acceptors (Lipinski definition) is 1. The predicted molar refractivity (Wildman–Crippen MR) is 65.0 cm³/mol. The highest BCUT2D eigenvalue weighted by Crippen LogP contribution is 2.28. The Labute approximate surface area is 94.9 Å². The molecular weight excluding hydrogens is 203 g/mol. The van der Waals surface area contributed by atoms with Crippen LogP contribution in [0.5, 0.6) is 0 Å². The number of aromatic nitrogens is 1. The van der Waals surface area contributed by atoms with Crippen LogP contribution in [-0.2, 0) is 19.9 Å². The summed E-state index contributed by atoms with van der Waals surface area (Å²) in [5.41, 5.74) is 8.82. The van der Waals surface area contributed by atoms with Crippen molar-refractivity contribution in [2.75, 3.05) is 6.54 Å². The first-order chi connectivity index (χ1) is 7.70. The van der Waals surface area contributed by atoms with Crippen molar-refractivity contribution in [2.24, 2.45) is 12.8 Å². The maximum absolute atomic E-state index is 13.8. The van der Waals surface area contributed by atoms with Crippen LogP contribution in [0.4, 0.5) is 4.39 Å². The average molecular weight is 220 g/mol. The highest BCUT2D eigenvalue weighted by atomic mass is 19.1. The van der Waals surface area contributed by atoms with Crippen LogP contribution in [-0.4, -0.2) is 11.1 Å². The van der Waals surface area contributed by atoms with Crippen molar-refractivity contribution in [1.29, 1.82) is 0 Å². The molecule has 86 valence electrons. The van der Waals surface area contributed by atoms with Crippen molar-refractivity contribution in [2.45, 2.75) is 19.8 Å². The summed E-state index contributed by atoms with van der Waals surface area (Å²) < 4.78 is 15.9. The third-order valence-electron chi connectivity index (χ3n) is 3.14. The van der Waals surface area contributed by atoms with E-state index in [0.29, 0.717) is 6.54 Å². The molecule has 0 bridgehead atoms. The van der Waals surface area contributed by atoms with Gasteiger partial charge in [-0.05, 0) is 37.1 Å². The standard InChI is InChI=1S/C13H17FN2/c1-3-11-9(7-8-15)13-10(14)5-4-6-12(13)16(11)2/h4-6H,3,7-8,15H2,1-2H3. The molecule has 0 atom stereocenters. The zero-order valence-corrected chi connectivity index (χ0v) is 9.76. The van der Waals surface area contributed by atoms with E-state index in [-0.39, 0.29) is 5.82 Å². The molecule has 0 saturated carbocycles. The van der Waals surface area contributed by atoms with E-state index in [9.17, 15) is 4.39 Å². The number of benzene rings is 1. The molecule has 0 saturated heterocycles. The summed E-state index contributed by atoms with van der Waals surface area (Å²) in [5.74, 6) is -0.142. The van der Waals surface area contributed by atoms with Crippen LogP contribution in [0.1, 0.15) is 18.2 Å². The van der Waals surface area contributed by atoms with E-state index in [0.717, 1.165) is 29.3 Å². The third-order valence-corrected chi connectivity index (χ3v) is 3.14. The van der Waals surface area contributed by atoms with Gasteiger partial charge in [-0.3, -0.25) is 0 Å². The van der Waals surface area contributed by atoms with Gasteiger partial charge in [-0.25, -0.2) is 4.39 Å². The molecule has 1 aromatic heterocycles. The van der Waals surface area contributed by atoms with Crippen molar-refractivity contribution in [3.05, 3.63) is 35.3 Å². The van der Waals surface area contributed by atoms with Gasteiger partial charge in [0.1, 0.15) is 5.82 Å². The molecule has 0 aliphatic carbocycles. The van der Waals surface area contributed by atoms with Crippen molar-refractivity contribution >= 4 is 10.9 Å². The van der Waals surface area contributed by atoms with E-state index in [1.807, 2.05) is 13.1 Å². The van der Waals surface area contributed by atoms with Crippen LogP contribution < -0.4 is 5.73 Å². The zero-order valence-electron chi connectivity index (χ0n) is 9.76. The van der Waals surface area contributed by atoms with Crippen molar-refractivity contribution in [3.8, 4) is 0 Å². The normalized spacial score (nSPS) is 11.2. The quantitative estimate of drug-likeness (QED) is 0.846. The second-order valence-corrected chi connectivity index (χ2v) is 4.01. The Hall–Kier alpha value is -1.35.